The average Bonchev–Trinajstić information content (AvgIpc) is 2.16. The second kappa shape index (κ2) is 8.14. The molecule has 0 aromatic heterocycles. The van der Waals surface area contributed by atoms with E-state index in [9.17, 15) is 8.42 Å². The summed E-state index contributed by atoms with van der Waals surface area (Å²) in [4.78, 5) is 0. The molecule has 92 valence electrons. The molecule has 0 fully saturated rings. The Bertz CT molecular complexity index is 212. The van der Waals surface area contributed by atoms with E-state index in [1.54, 1.807) is 0 Å². The van der Waals surface area contributed by atoms with Crippen LogP contribution in [0, 0.1) is 0 Å². The number of rotatable bonds is 9. The molecular weight excluding hydrogens is 208 g/mol. The first kappa shape index (κ1) is 14.9. The Balaban J connectivity index is 3.39. The maximum Gasteiger partial charge on any atom is 0.145 e. The van der Waals surface area contributed by atoms with Gasteiger partial charge in [0, 0.05) is 0 Å². The Kier molecular flexibility index (Phi) is 8.12. The predicted octanol–water partition coefficient (Wildman–Crippen LogP) is 3.52. The summed E-state index contributed by atoms with van der Waals surface area (Å²) < 4.78 is 21.2. The number of unbranched alkanes of at least 4 members (excludes halogenated alkanes) is 6. The number of hydrogen-bond donors (Lipinski definition) is 1. The summed E-state index contributed by atoms with van der Waals surface area (Å²) in [5.74, 6) is 0. The van der Waals surface area contributed by atoms with Crippen molar-refractivity contribution in [1.29, 1.82) is 0 Å². The van der Waals surface area contributed by atoms with E-state index >= 15 is 0 Å². The maximum absolute atomic E-state index is 10.9. The molecule has 0 N–H and O–H groups in total. The molecule has 0 aliphatic rings. The Hall–Kier alpha value is -0.0500. The minimum Gasteiger partial charge on any atom is -0.231 e. The standard InChI is InChI=1S/C12H26O2S/c1-4-5-6-7-8-9-10-11-12(2,3)15(13)14/h15H,4-11H2,1-3H3. The molecule has 0 saturated heterocycles. The molecule has 0 aliphatic heterocycles. The van der Waals surface area contributed by atoms with Gasteiger partial charge in [-0.1, -0.05) is 51.9 Å². The third-order valence-electron chi connectivity index (χ3n) is 2.89. The van der Waals surface area contributed by atoms with Gasteiger partial charge in [-0.15, -0.1) is 0 Å². The van der Waals surface area contributed by atoms with Crippen LogP contribution >= 0.6 is 0 Å². The first-order valence-corrected chi connectivity index (χ1v) is 7.33. The van der Waals surface area contributed by atoms with Gasteiger partial charge in [0.25, 0.3) is 0 Å². The fraction of sp³-hybridized carbons (Fsp3) is 1.00. The van der Waals surface area contributed by atoms with Crippen molar-refractivity contribution in [2.24, 2.45) is 0 Å². The number of thiol groups is 1. The van der Waals surface area contributed by atoms with Crippen LogP contribution in [0.5, 0.6) is 0 Å². The van der Waals surface area contributed by atoms with Gasteiger partial charge in [-0.25, -0.2) is 8.42 Å². The van der Waals surface area contributed by atoms with E-state index in [0.717, 1.165) is 12.8 Å². The Morgan fingerprint density at radius 3 is 1.80 bits per heavy atom. The van der Waals surface area contributed by atoms with Gasteiger partial charge in [0.2, 0.25) is 0 Å². The van der Waals surface area contributed by atoms with Crippen LogP contribution in [-0.2, 0) is 10.7 Å². The lowest BCUT2D eigenvalue weighted by atomic mass is 10.0. The lowest BCUT2D eigenvalue weighted by Crippen LogP contribution is -2.21. The predicted molar refractivity (Wildman–Crippen MR) is 67.0 cm³/mol. The molecule has 0 atom stereocenters. The summed E-state index contributed by atoms with van der Waals surface area (Å²) >= 11 is 0. The van der Waals surface area contributed by atoms with Gasteiger partial charge >= 0.3 is 0 Å². The first-order valence-electron chi connectivity index (χ1n) is 6.15. The Labute approximate surface area is 96.4 Å². The molecule has 0 bridgehead atoms. The molecule has 0 heterocycles. The third-order valence-corrected chi connectivity index (χ3v) is 4.10. The molecule has 0 unspecified atom stereocenters. The maximum atomic E-state index is 10.9. The quantitative estimate of drug-likeness (QED) is 0.489. The van der Waals surface area contributed by atoms with Gasteiger partial charge in [-0.3, -0.25) is 0 Å². The van der Waals surface area contributed by atoms with Crippen molar-refractivity contribution in [3.8, 4) is 0 Å². The topological polar surface area (TPSA) is 34.1 Å². The van der Waals surface area contributed by atoms with Gasteiger partial charge in [0.05, 0.1) is 4.75 Å². The molecular formula is C12H26O2S. The van der Waals surface area contributed by atoms with Crippen molar-refractivity contribution in [2.75, 3.05) is 0 Å². The summed E-state index contributed by atoms with van der Waals surface area (Å²) in [5.41, 5.74) is 0. The van der Waals surface area contributed by atoms with Crippen LogP contribution in [0.15, 0.2) is 0 Å². The van der Waals surface area contributed by atoms with Crippen molar-refractivity contribution in [3.63, 3.8) is 0 Å². The minimum absolute atomic E-state index is 0.501. The van der Waals surface area contributed by atoms with Crippen LogP contribution in [0.3, 0.4) is 0 Å². The van der Waals surface area contributed by atoms with E-state index < -0.39 is 15.5 Å². The molecule has 0 radical (unpaired) electrons. The minimum atomic E-state index is -2.27. The molecule has 0 rings (SSSR count). The van der Waals surface area contributed by atoms with Crippen molar-refractivity contribution in [2.45, 2.75) is 76.9 Å². The van der Waals surface area contributed by atoms with Gasteiger partial charge in [-0.05, 0) is 20.3 Å². The third kappa shape index (κ3) is 7.83. The molecule has 0 saturated carbocycles. The van der Waals surface area contributed by atoms with Crippen LogP contribution in [0.4, 0.5) is 0 Å². The largest absolute Gasteiger partial charge is 0.231 e. The SMILES string of the molecule is CCCCCCCCCC(C)(C)[SH](=O)=O. The fourth-order valence-corrected chi connectivity index (χ4v) is 1.95. The van der Waals surface area contributed by atoms with Gasteiger partial charge < -0.3 is 0 Å². The van der Waals surface area contributed by atoms with E-state index in [1.807, 2.05) is 13.8 Å². The summed E-state index contributed by atoms with van der Waals surface area (Å²) in [7, 11) is -2.27. The van der Waals surface area contributed by atoms with Crippen LogP contribution in [-0.4, -0.2) is 13.2 Å². The van der Waals surface area contributed by atoms with E-state index in [1.165, 1.54) is 38.5 Å². The highest BCUT2D eigenvalue weighted by molar-refractivity contribution is 7.74. The van der Waals surface area contributed by atoms with Crippen LogP contribution in [0.1, 0.15) is 72.1 Å². The smallest absolute Gasteiger partial charge is 0.145 e. The summed E-state index contributed by atoms with van der Waals surface area (Å²) in [6, 6.07) is 0. The van der Waals surface area contributed by atoms with Crippen LogP contribution < -0.4 is 0 Å². The summed E-state index contributed by atoms with van der Waals surface area (Å²) in [6.07, 6.45) is 9.53. The molecule has 0 aromatic carbocycles. The Morgan fingerprint density at radius 1 is 0.867 bits per heavy atom. The van der Waals surface area contributed by atoms with E-state index in [-0.39, 0.29) is 0 Å². The second-order valence-electron chi connectivity index (χ2n) is 4.94. The molecule has 0 aromatic rings. The molecule has 15 heavy (non-hydrogen) atoms. The van der Waals surface area contributed by atoms with E-state index in [4.69, 9.17) is 0 Å². The van der Waals surface area contributed by atoms with Crippen LogP contribution in [0.25, 0.3) is 0 Å². The lowest BCUT2D eigenvalue weighted by molar-refractivity contribution is 0.507. The Morgan fingerprint density at radius 2 is 1.33 bits per heavy atom. The fourth-order valence-electron chi connectivity index (χ4n) is 1.61. The average molecular weight is 234 g/mol. The highest BCUT2D eigenvalue weighted by Gasteiger charge is 2.20. The molecule has 2 nitrogen and oxygen atoms in total. The zero-order valence-electron chi connectivity index (χ0n) is 10.4. The molecule has 0 amide bonds. The lowest BCUT2D eigenvalue weighted by Gasteiger charge is -2.16. The molecule has 3 heteroatoms. The summed E-state index contributed by atoms with van der Waals surface area (Å²) in [5, 5.41) is 0. The van der Waals surface area contributed by atoms with Gasteiger partial charge in [0.15, 0.2) is 0 Å². The van der Waals surface area contributed by atoms with Gasteiger partial charge in [0.1, 0.15) is 10.7 Å². The zero-order chi connectivity index (χ0) is 11.7. The second-order valence-corrected chi connectivity index (χ2v) is 6.67. The van der Waals surface area contributed by atoms with Crippen LogP contribution in [0.2, 0.25) is 0 Å². The molecule has 0 spiro atoms. The monoisotopic (exact) mass is 234 g/mol. The number of hydrogen-bond acceptors (Lipinski definition) is 2. The molecule has 0 aliphatic carbocycles. The van der Waals surface area contributed by atoms with Crippen molar-refractivity contribution >= 4 is 10.7 Å². The summed E-state index contributed by atoms with van der Waals surface area (Å²) in [6.45, 7) is 5.85. The van der Waals surface area contributed by atoms with E-state index in [0.29, 0.717) is 0 Å². The zero-order valence-corrected chi connectivity index (χ0v) is 11.3. The van der Waals surface area contributed by atoms with Crippen molar-refractivity contribution in [1.82, 2.24) is 0 Å². The van der Waals surface area contributed by atoms with Gasteiger partial charge in [-0.2, -0.15) is 0 Å². The first-order chi connectivity index (χ1) is 7.00. The van der Waals surface area contributed by atoms with Crippen molar-refractivity contribution in [3.05, 3.63) is 0 Å². The van der Waals surface area contributed by atoms with Crippen molar-refractivity contribution < 1.29 is 8.42 Å². The normalized spacial score (nSPS) is 12.3. The highest BCUT2D eigenvalue weighted by atomic mass is 32.2. The highest BCUT2D eigenvalue weighted by Crippen LogP contribution is 2.18. The van der Waals surface area contributed by atoms with E-state index in [2.05, 4.69) is 6.92 Å².